The van der Waals surface area contributed by atoms with E-state index in [0.29, 0.717) is 6.42 Å². The smallest absolute Gasteiger partial charge is 0.239 e. The van der Waals surface area contributed by atoms with Gasteiger partial charge in [-0.05, 0) is 36.5 Å². The highest BCUT2D eigenvalue weighted by atomic mass is 16.5. The first-order valence-electron chi connectivity index (χ1n) is 9.30. The monoisotopic (exact) mass is 367 g/mol. The SMILES string of the molecule is COc1ccc(C2CC(C(=O)NC3CCc4ccccc43)NN2)c(OC)c1. The lowest BCUT2D eigenvalue weighted by molar-refractivity contribution is -0.123. The number of nitrogens with one attached hydrogen (secondary N) is 3. The van der Waals surface area contributed by atoms with Crippen molar-refractivity contribution in [3.05, 3.63) is 59.2 Å². The van der Waals surface area contributed by atoms with Crippen molar-refractivity contribution in [2.24, 2.45) is 0 Å². The summed E-state index contributed by atoms with van der Waals surface area (Å²) < 4.78 is 10.8. The number of methoxy groups -OCH3 is 2. The van der Waals surface area contributed by atoms with Crippen molar-refractivity contribution in [3.8, 4) is 11.5 Å². The average Bonchev–Trinajstić information content (AvgIpc) is 3.35. The van der Waals surface area contributed by atoms with Gasteiger partial charge in [-0.3, -0.25) is 4.79 Å². The van der Waals surface area contributed by atoms with Crippen LogP contribution in [0.4, 0.5) is 0 Å². The van der Waals surface area contributed by atoms with Crippen LogP contribution in [0.1, 0.15) is 41.6 Å². The Bertz CT molecular complexity index is 839. The van der Waals surface area contributed by atoms with Crippen LogP contribution in [0.5, 0.6) is 11.5 Å². The number of carbonyl (C=O) groups is 1. The Labute approximate surface area is 159 Å². The molecule has 6 nitrogen and oxygen atoms in total. The summed E-state index contributed by atoms with van der Waals surface area (Å²) in [4.78, 5) is 12.8. The zero-order valence-electron chi connectivity index (χ0n) is 15.6. The summed E-state index contributed by atoms with van der Waals surface area (Å²) >= 11 is 0. The van der Waals surface area contributed by atoms with Crippen LogP contribution < -0.4 is 25.6 Å². The van der Waals surface area contributed by atoms with Gasteiger partial charge in [0.2, 0.25) is 5.91 Å². The van der Waals surface area contributed by atoms with Gasteiger partial charge in [-0.25, -0.2) is 10.9 Å². The normalized spacial score (nSPS) is 23.7. The van der Waals surface area contributed by atoms with Gasteiger partial charge in [0.25, 0.3) is 0 Å². The number of fused-ring (bicyclic) bond motifs is 1. The molecular formula is C21H25N3O3. The largest absolute Gasteiger partial charge is 0.497 e. The van der Waals surface area contributed by atoms with Crippen molar-refractivity contribution >= 4 is 5.91 Å². The number of hydrogen-bond acceptors (Lipinski definition) is 5. The maximum absolute atomic E-state index is 12.8. The van der Waals surface area contributed by atoms with E-state index in [0.717, 1.165) is 29.9 Å². The average molecular weight is 367 g/mol. The molecule has 1 amide bonds. The third kappa shape index (κ3) is 3.50. The minimum absolute atomic E-state index is 0.00234. The van der Waals surface area contributed by atoms with E-state index in [9.17, 15) is 4.79 Å². The second kappa shape index (κ2) is 7.58. The molecule has 0 aromatic heterocycles. The number of hydrazine groups is 1. The second-order valence-corrected chi connectivity index (χ2v) is 7.04. The Hall–Kier alpha value is -2.57. The first-order chi connectivity index (χ1) is 13.2. The van der Waals surface area contributed by atoms with Crippen LogP contribution in [0.2, 0.25) is 0 Å². The first-order valence-corrected chi connectivity index (χ1v) is 9.30. The molecule has 0 spiro atoms. The molecule has 0 saturated carbocycles. The van der Waals surface area contributed by atoms with E-state index in [1.54, 1.807) is 14.2 Å². The van der Waals surface area contributed by atoms with Crippen LogP contribution >= 0.6 is 0 Å². The van der Waals surface area contributed by atoms with Crippen molar-refractivity contribution in [1.82, 2.24) is 16.2 Å². The molecule has 1 heterocycles. The molecule has 2 aliphatic rings. The van der Waals surface area contributed by atoms with E-state index in [1.165, 1.54) is 11.1 Å². The van der Waals surface area contributed by atoms with Gasteiger partial charge < -0.3 is 14.8 Å². The molecule has 27 heavy (non-hydrogen) atoms. The third-order valence-corrected chi connectivity index (χ3v) is 5.49. The summed E-state index contributed by atoms with van der Waals surface area (Å²) in [6.07, 6.45) is 2.63. The molecule has 1 aliphatic carbocycles. The molecule has 142 valence electrons. The summed E-state index contributed by atoms with van der Waals surface area (Å²) in [6, 6.07) is 13.9. The van der Waals surface area contributed by atoms with E-state index in [4.69, 9.17) is 9.47 Å². The Kier molecular flexibility index (Phi) is 5.01. The molecule has 3 atom stereocenters. The quantitative estimate of drug-likeness (QED) is 0.757. The zero-order valence-corrected chi connectivity index (χ0v) is 15.6. The highest BCUT2D eigenvalue weighted by Crippen LogP contribution is 2.34. The molecule has 4 rings (SSSR count). The van der Waals surface area contributed by atoms with Crippen molar-refractivity contribution in [2.75, 3.05) is 14.2 Å². The molecule has 2 aromatic carbocycles. The van der Waals surface area contributed by atoms with Crippen molar-refractivity contribution in [3.63, 3.8) is 0 Å². The van der Waals surface area contributed by atoms with Crippen LogP contribution in [0.15, 0.2) is 42.5 Å². The maximum Gasteiger partial charge on any atom is 0.239 e. The second-order valence-electron chi connectivity index (χ2n) is 7.04. The van der Waals surface area contributed by atoms with Gasteiger partial charge in [0, 0.05) is 11.6 Å². The van der Waals surface area contributed by atoms with Crippen LogP contribution in [0, 0.1) is 0 Å². The fourth-order valence-electron chi connectivity index (χ4n) is 4.02. The fraction of sp³-hybridized carbons (Fsp3) is 0.381. The summed E-state index contributed by atoms with van der Waals surface area (Å²) in [5.41, 5.74) is 9.94. The lowest BCUT2D eigenvalue weighted by atomic mass is 10.00. The fourth-order valence-corrected chi connectivity index (χ4v) is 4.02. The Morgan fingerprint density at radius 1 is 1.07 bits per heavy atom. The van der Waals surface area contributed by atoms with Gasteiger partial charge in [0.1, 0.15) is 17.5 Å². The molecule has 3 N–H and O–H groups in total. The number of rotatable bonds is 5. The molecule has 1 saturated heterocycles. The van der Waals surface area contributed by atoms with E-state index in [2.05, 4.69) is 34.4 Å². The van der Waals surface area contributed by atoms with Crippen LogP contribution in [-0.4, -0.2) is 26.2 Å². The number of benzene rings is 2. The summed E-state index contributed by atoms with van der Waals surface area (Å²) in [7, 11) is 3.27. The van der Waals surface area contributed by atoms with E-state index in [-0.39, 0.29) is 24.0 Å². The Balaban J connectivity index is 1.42. The minimum atomic E-state index is -0.283. The molecule has 0 bridgehead atoms. The molecule has 3 unspecified atom stereocenters. The lowest BCUT2D eigenvalue weighted by Crippen LogP contribution is -2.44. The number of carbonyl (C=O) groups excluding carboxylic acids is 1. The van der Waals surface area contributed by atoms with Crippen LogP contribution in [0.3, 0.4) is 0 Å². The Morgan fingerprint density at radius 2 is 1.93 bits per heavy atom. The molecule has 6 heteroatoms. The van der Waals surface area contributed by atoms with Crippen LogP contribution in [-0.2, 0) is 11.2 Å². The molecule has 0 radical (unpaired) electrons. The summed E-state index contributed by atoms with van der Waals surface area (Å²) in [5, 5.41) is 3.20. The van der Waals surface area contributed by atoms with E-state index in [1.807, 2.05) is 24.3 Å². The first kappa shape index (κ1) is 17.8. The summed E-state index contributed by atoms with van der Waals surface area (Å²) in [5.74, 6) is 1.52. The van der Waals surface area contributed by atoms with Gasteiger partial charge in [-0.2, -0.15) is 0 Å². The topological polar surface area (TPSA) is 71.6 Å². The van der Waals surface area contributed by atoms with Crippen molar-refractivity contribution < 1.29 is 14.3 Å². The molecule has 1 fully saturated rings. The summed E-state index contributed by atoms with van der Waals surface area (Å²) in [6.45, 7) is 0. The predicted octanol–water partition coefficient (Wildman–Crippen LogP) is 2.42. The van der Waals surface area contributed by atoms with Crippen LogP contribution in [0.25, 0.3) is 0 Å². The highest BCUT2D eigenvalue weighted by molar-refractivity contribution is 5.82. The molecular weight excluding hydrogens is 342 g/mol. The third-order valence-electron chi connectivity index (χ3n) is 5.49. The number of amides is 1. The Morgan fingerprint density at radius 3 is 2.74 bits per heavy atom. The van der Waals surface area contributed by atoms with Gasteiger partial charge in [-0.1, -0.05) is 30.3 Å². The van der Waals surface area contributed by atoms with Crippen molar-refractivity contribution in [2.45, 2.75) is 37.4 Å². The highest BCUT2D eigenvalue weighted by Gasteiger charge is 2.33. The van der Waals surface area contributed by atoms with Gasteiger partial charge in [0.15, 0.2) is 0 Å². The van der Waals surface area contributed by atoms with Gasteiger partial charge >= 0.3 is 0 Å². The standard InChI is InChI=1S/C21H25N3O3/c1-26-14-8-9-16(20(11-14)27-2)18-12-19(24-23-18)21(25)22-17-10-7-13-5-3-4-6-15(13)17/h3-6,8-9,11,17-19,23-24H,7,10,12H2,1-2H3,(H,22,25). The molecule has 2 aromatic rings. The number of aryl methyl sites for hydroxylation is 1. The zero-order chi connectivity index (χ0) is 18.8. The lowest BCUT2D eigenvalue weighted by Gasteiger charge is -2.17. The van der Waals surface area contributed by atoms with Gasteiger partial charge in [0.05, 0.1) is 26.3 Å². The molecule has 1 aliphatic heterocycles. The predicted molar refractivity (Wildman–Crippen MR) is 103 cm³/mol. The number of hydrogen-bond donors (Lipinski definition) is 3. The minimum Gasteiger partial charge on any atom is -0.497 e. The van der Waals surface area contributed by atoms with Crippen molar-refractivity contribution in [1.29, 1.82) is 0 Å². The van der Waals surface area contributed by atoms with E-state index >= 15 is 0 Å². The van der Waals surface area contributed by atoms with E-state index < -0.39 is 0 Å². The maximum atomic E-state index is 12.8. The number of ether oxygens (including phenoxy) is 2. The van der Waals surface area contributed by atoms with Gasteiger partial charge in [-0.15, -0.1) is 0 Å².